The Morgan fingerprint density at radius 1 is 1.07 bits per heavy atom. The molecule has 3 aromatic rings. The largest absolute Gasteiger partial charge is 0.496 e. The third-order valence-corrected chi connectivity index (χ3v) is 9.01. The smallest absolute Gasteiger partial charge is 0.255 e. The Hall–Kier alpha value is -3.27. The van der Waals surface area contributed by atoms with Gasteiger partial charge in [-0.15, -0.1) is 11.3 Å². The monoisotopic (exact) mass is 563 g/mol. The quantitative estimate of drug-likeness (QED) is 0.365. The molecule has 3 N–H and O–H groups in total. The summed E-state index contributed by atoms with van der Waals surface area (Å²) in [7, 11) is 1.63. The Morgan fingerprint density at radius 2 is 1.82 bits per heavy atom. The van der Waals surface area contributed by atoms with E-state index in [-0.39, 0.29) is 12.6 Å². The molecule has 0 bridgehead atoms. The maximum atomic E-state index is 13.5. The summed E-state index contributed by atoms with van der Waals surface area (Å²) in [6.07, 6.45) is 3.04. The first-order valence-corrected chi connectivity index (χ1v) is 14.9. The molecule has 0 radical (unpaired) electrons. The number of amides is 2. The Balaban J connectivity index is 1.21. The fourth-order valence-electron chi connectivity index (χ4n) is 6.07. The average Bonchev–Trinajstić information content (AvgIpc) is 3.46. The lowest BCUT2D eigenvalue weighted by atomic mass is 9.77. The number of hydrogen-bond donors (Lipinski definition) is 3. The Bertz CT molecular complexity index is 1320. The van der Waals surface area contributed by atoms with E-state index in [1.807, 2.05) is 41.8 Å². The van der Waals surface area contributed by atoms with Crippen molar-refractivity contribution >= 4 is 23.2 Å². The number of aliphatic hydroxyl groups is 2. The summed E-state index contributed by atoms with van der Waals surface area (Å²) in [6.45, 7) is 0.547. The van der Waals surface area contributed by atoms with Crippen LogP contribution in [0.5, 0.6) is 5.75 Å². The van der Waals surface area contributed by atoms with Gasteiger partial charge in [-0.05, 0) is 42.4 Å². The molecule has 8 nitrogen and oxygen atoms in total. The van der Waals surface area contributed by atoms with Gasteiger partial charge < -0.3 is 25.2 Å². The maximum absolute atomic E-state index is 13.5. The predicted molar refractivity (Wildman–Crippen MR) is 153 cm³/mol. The maximum Gasteiger partial charge on any atom is 0.255 e. The van der Waals surface area contributed by atoms with E-state index in [4.69, 9.17) is 4.74 Å². The average molecular weight is 564 g/mol. The van der Waals surface area contributed by atoms with Gasteiger partial charge in [0.05, 0.1) is 25.4 Å². The van der Waals surface area contributed by atoms with Crippen LogP contribution in [-0.2, 0) is 29.0 Å². The number of thiazole rings is 1. The van der Waals surface area contributed by atoms with Gasteiger partial charge in [0.2, 0.25) is 0 Å². The minimum absolute atomic E-state index is 0.0924. The number of nitrogens with zero attached hydrogens (tertiary/aromatic N) is 2. The normalized spacial score (nSPS) is 19.0. The number of para-hydroxylation sites is 1. The molecular formula is C31H37N3O5S. The molecule has 1 unspecified atom stereocenters. The molecule has 3 atom stereocenters. The fraction of sp³-hybridized carbons (Fsp3) is 0.452. The lowest BCUT2D eigenvalue weighted by Gasteiger charge is -2.44. The first-order valence-electron chi connectivity index (χ1n) is 14.0. The highest BCUT2D eigenvalue weighted by Crippen LogP contribution is 2.42. The number of carbonyl (C=O) groups excluding carboxylic acids is 2. The first-order chi connectivity index (χ1) is 19.5. The topological polar surface area (TPSA) is 112 Å². The minimum atomic E-state index is -1.87. The number of rotatable bonds is 9. The van der Waals surface area contributed by atoms with E-state index >= 15 is 0 Å². The van der Waals surface area contributed by atoms with Crippen LogP contribution in [-0.4, -0.2) is 57.8 Å². The summed E-state index contributed by atoms with van der Waals surface area (Å²) < 4.78 is 5.41. The van der Waals surface area contributed by atoms with Crippen LogP contribution in [0.2, 0.25) is 0 Å². The number of hydrogen-bond acceptors (Lipinski definition) is 7. The third kappa shape index (κ3) is 6.22. The lowest BCUT2D eigenvalue weighted by Crippen LogP contribution is -2.53. The minimum Gasteiger partial charge on any atom is -0.496 e. The zero-order valence-corrected chi connectivity index (χ0v) is 23.6. The van der Waals surface area contributed by atoms with Gasteiger partial charge in [0, 0.05) is 23.9 Å². The summed E-state index contributed by atoms with van der Waals surface area (Å²) in [6, 6.07) is 15.8. The molecule has 2 aromatic carbocycles. The molecule has 2 amide bonds. The Labute approximate surface area is 239 Å². The third-order valence-electron chi connectivity index (χ3n) is 8.11. The number of aromatic nitrogens is 1. The molecule has 1 fully saturated rings. The summed E-state index contributed by atoms with van der Waals surface area (Å²) in [5.41, 5.74) is 4.19. The van der Waals surface area contributed by atoms with Crippen molar-refractivity contribution in [2.75, 3.05) is 13.7 Å². The predicted octanol–water partition coefficient (Wildman–Crippen LogP) is 3.79. The van der Waals surface area contributed by atoms with Crippen LogP contribution in [0.25, 0.3) is 0 Å². The van der Waals surface area contributed by atoms with E-state index in [2.05, 4.69) is 22.4 Å². The van der Waals surface area contributed by atoms with Gasteiger partial charge in [-0.3, -0.25) is 9.59 Å². The molecule has 1 aromatic heterocycles. The number of fused-ring (bicyclic) bond motifs is 1. The van der Waals surface area contributed by atoms with Crippen molar-refractivity contribution in [3.63, 3.8) is 0 Å². The van der Waals surface area contributed by atoms with Crippen LogP contribution in [0.15, 0.2) is 53.9 Å². The van der Waals surface area contributed by atoms with Gasteiger partial charge >= 0.3 is 0 Å². The van der Waals surface area contributed by atoms with E-state index in [1.165, 1.54) is 23.3 Å². The molecule has 212 valence electrons. The summed E-state index contributed by atoms with van der Waals surface area (Å²) in [5, 5.41) is 26.7. The zero-order chi connectivity index (χ0) is 28.1. The van der Waals surface area contributed by atoms with E-state index in [1.54, 1.807) is 12.0 Å². The number of ether oxygens (including phenoxy) is 1. The molecule has 1 saturated carbocycles. The molecule has 1 aliphatic heterocycles. The van der Waals surface area contributed by atoms with Gasteiger partial charge in [0.25, 0.3) is 11.8 Å². The first kappa shape index (κ1) is 28.3. The SMILES string of the molecule is COc1ccccc1Cc1csc(CNC(=O)[C@H](O)[C@@H](O)C(=O)N2CCc3ccccc3C2C2CCCCC2)n1. The summed E-state index contributed by atoms with van der Waals surface area (Å²) in [4.78, 5) is 32.6. The molecule has 0 spiro atoms. The van der Waals surface area contributed by atoms with E-state index < -0.39 is 24.0 Å². The molecule has 40 heavy (non-hydrogen) atoms. The molecule has 5 rings (SSSR count). The molecule has 9 heteroatoms. The van der Waals surface area contributed by atoms with Crippen LogP contribution in [0.1, 0.15) is 65.5 Å². The van der Waals surface area contributed by atoms with Gasteiger partial charge in [0.15, 0.2) is 12.2 Å². The van der Waals surface area contributed by atoms with Gasteiger partial charge in [-0.2, -0.15) is 0 Å². The van der Waals surface area contributed by atoms with E-state index in [0.29, 0.717) is 30.3 Å². The van der Waals surface area contributed by atoms with Crippen molar-refractivity contribution in [1.82, 2.24) is 15.2 Å². The van der Waals surface area contributed by atoms with Crippen LogP contribution in [0.4, 0.5) is 0 Å². The summed E-state index contributed by atoms with van der Waals surface area (Å²) >= 11 is 1.40. The molecule has 1 aliphatic carbocycles. The highest BCUT2D eigenvalue weighted by molar-refractivity contribution is 7.09. The van der Waals surface area contributed by atoms with Crippen LogP contribution >= 0.6 is 11.3 Å². The molecule has 2 aliphatic rings. The van der Waals surface area contributed by atoms with Gasteiger partial charge in [0.1, 0.15) is 10.8 Å². The van der Waals surface area contributed by atoms with Crippen molar-refractivity contribution in [2.24, 2.45) is 5.92 Å². The van der Waals surface area contributed by atoms with E-state index in [0.717, 1.165) is 48.3 Å². The number of nitrogens with one attached hydrogen (secondary N) is 1. The van der Waals surface area contributed by atoms with E-state index in [9.17, 15) is 19.8 Å². The second kappa shape index (κ2) is 12.9. The molecule has 0 saturated heterocycles. The van der Waals surface area contributed by atoms with Crippen LogP contribution < -0.4 is 10.1 Å². The molecule has 2 heterocycles. The van der Waals surface area contributed by atoms with Crippen molar-refractivity contribution in [3.05, 3.63) is 81.3 Å². The fourth-order valence-corrected chi connectivity index (χ4v) is 6.81. The number of benzene rings is 2. The second-order valence-electron chi connectivity index (χ2n) is 10.7. The van der Waals surface area contributed by atoms with Gasteiger partial charge in [-0.25, -0.2) is 4.98 Å². The Morgan fingerprint density at radius 3 is 2.62 bits per heavy atom. The number of methoxy groups -OCH3 is 1. The van der Waals surface area contributed by atoms with Crippen molar-refractivity contribution < 1.29 is 24.5 Å². The number of aliphatic hydroxyl groups excluding tert-OH is 2. The zero-order valence-electron chi connectivity index (χ0n) is 22.8. The standard InChI is InChI=1S/C31H37N3O5S/c1-39-25-14-8-6-12-22(25)17-23-19-40-26(33-23)18-32-30(37)28(35)29(36)31(38)34-16-15-20-9-5-7-13-24(20)27(34)21-10-3-2-4-11-21/h5-9,12-14,19,21,27-29,35-36H,2-4,10-11,15-18H2,1H3,(H,32,37)/t27?,28-,29-/m1/s1. The van der Waals surface area contributed by atoms with Crippen molar-refractivity contribution in [3.8, 4) is 5.75 Å². The summed E-state index contributed by atoms with van der Waals surface area (Å²) in [5.74, 6) is -0.308. The van der Waals surface area contributed by atoms with Crippen molar-refractivity contribution in [1.29, 1.82) is 0 Å². The van der Waals surface area contributed by atoms with Crippen LogP contribution in [0.3, 0.4) is 0 Å². The highest BCUT2D eigenvalue weighted by atomic mass is 32.1. The van der Waals surface area contributed by atoms with Gasteiger partial charge in [-0.1, -0.05) is 61.7 Å². The van der Waals surface area contributed by atoms with Crippen LogP contribution in [0, 0.1) is 5.92 Å². The number of carbonyl (C=O) groups is 2. The van der Waals surface area contributed by atoms with Crippen molar-refractivity contribution in [2.45, 2.75) is 69.7 Å². The lowest BCUT2D eigenvalue weighted by molar-refractivity contribution is -0.156. The second-order valence-corrected chi connectivity index (χ2v) is 11.6. The Kier molecular flexibility index (Phi) is 9.14. The molecular weight excluding hydrogens is 526 g/mol. The highest BCUT2D eigenvalue weighted by Gasteiger charge is 2.41.